The number of hydrogen-bond acceptors (Lipinski definition) is 3. The van der Waals surface area contributed by atoms with Gasteiger partial charge in [0, 0.05) is 18.1 Å². The number of rotatable bonds is 6. The van der Waals surface area contributed by atoms with Crippen molar-refractivity contribution in [3.63, 3.8) is 0 Å². The topological polar surface area (TPSA) is 62.7 Å². The van der Waals surface area contributed by atoms with Gasteiger partial charge in [0.1, 0.15) is 6.04 Å². The standard InChI is InChI=1S/C17H17F3N4OS/c1-26-9-6-14(24-7-2-3-8-24)15(25)21-11-4-5-12-13(10-11)23-16(22-12)17(18,19)20/h2-5,7-8,10,14H,6,9H2,1H3,(H,21,25)(H,22,23)/t14-/m1/s1. The van der Waals surface area contributed by atoms with E-state index >= 15 is 0 Å². The molecular weight excluding hydrogens is 365 g/mol. The fourth-order valence-electron chi connectivity index (χ4n) is 2.65. The number of imidazole rings is 1. The summed E-state index contributed by atoms with van der Waals surface area (Å²) in [6.45, 7) is 0. The molecule has 1 amide bonds. The molecule has 3 rings (SSSR count). The fraction of sp³-hybridized carbons (Fsp3) is 0.294. The van der Waals surface area contributed by atoms with Crippen LogP contribution in [0.1, 0.15) is 18.3 Å². The summed E-state index contributed by atoms with van der Waals surface area (Å²) >= 11 is 1.64. The Hall–Kier alpha value is -2.42. The molecule has 0 saturated carbocycles. The van der Waals surface area contributed by atoms with Gasteiger partial charge in [0.2, 0.25) is 11.7 Å². The Morgan fingerprint density at radius 1 is 1.35 bits per heavy atom. The van der Waals surface area contributed by atoms with E-state index in [4.69, 9.17) is 0 Å². The van der Waals surface area contributed by atoms with Gasteiger partial charge in [-0.15, -0.1) is 0 Å². The van der Waals surface area contributed by atoms with Crippen LogP contribution in [0.3, 0.4) is 0 Å². The summed E-state index contributed by atoms with van der Waals surface area (Å²) in [5.74, 6) is -0.462. The second kappa shape index (κ2) is 7.45. The first-order valence-electron chi connectivity index (χ1n) is 7.87. The van der Waals surface area contributed by atoms with Gasteiger partial charge in [0.05, 0.1) is 11.0 Å². The van der Waals surface area contributed by atoms with Gasteiger partial charge >= 0.3 is 6.18 Å². The molecule has 2 N–H and O–H groups in total. The van der Waals surface area contributed by atoms with E-state index in [9.17, 15) is 18.0 Å². The summed E-state index contributed by atoms with van der Waals surface area (Å²) < 4.78 is 40.1. The van der Waals surface area contributed by atoms with Crippen molar-refractivity contribution in [2.24, 2.45) is 0 Å². The van der Waals surface area contributed by atoms with Crippen molar-refractivity contribution in [2.45, 2.75) is 18.6 Å². The van der Waals surface area contributed by atoms with Crippen molar-refractivity contribution < 1.29 is 18.0 Å². The molecule has 2 aromatic heterocycles. The number of H-pyrrole nitrogens is 1. The molecular formula is C17H17F3N4OS. The van der Waals surface area contributed by atoms with Crippen LogP contribution < -0.4 is 5.32 Å². The zero-order valence-corrected chi connectivity index (χ0v) is 14.7. The molecule has 0 spiro atoms. The van der Waals surface area contributed by atoms with Crippen molar-refractivity contribution in [1.82, 2.24) is 14.5 Å². The van der Waals surface area contributed by atoms with Crippen LogP contribution in [0, 0.1) is 0 Å². The predicted octanol–water partition coefficient (Wildman–Crippen LogP) is 4.32. The number of nitrogens with zero attached hydrogens (tertiary/aromatic N) is 2. The van der Waals surface area contributed by atoms with Crippen LogP contribution in [0.5, 0.6) is 0 Å². The second-order valence-corrected chi connectivity index (χ2v) is 6.72. The first-order chi connectivity index (χ1) is 12.4. The highest BCUT2D eigenvalue weighted by molar-refractivity contribution is 7.98. The van der Waals surface area contributed by atoms with Gasteiger partial charge in [-0.1, -0.05) is 0 Å². The lowest BCUT2D eigenvalue weighted by Crippen LogP contribution is -2.25. The van der Waals surface area contributed by atoms with E-state index in [1.165, 1.54) is 12.1 Å². The summed E-state index contributed by atoms with van der Waals surface area (Å²) in [6, 6.07) is 7.74. The number of halogens is 3. The van der Waals surface area contributed by atoms with Crippen molar-refractivity contribution in [3.05, 3.63) is 48.5 Å². The van der Waals surface area contributed by atoms with Gasteiger partial charge in [-0.25, -0.2) is 4.98 Å². The smallest absolute Gasteiger partial charge is 0.342 e. The number of aromatic amines is 1. The Kier molecular flexibility index (Phi) is 5.26. The van der Waals surface area contributed by atoms with Gasteiger partial charge in [0.15, 0.2) is 0 Å². The van der Waals surface area contributed by atoms with Gasteiger partial charge < -0.3 is 14.9 Å². The molecule has 0 bridgehead atoms. The number of thioether (sulfide) groups is 1. The monoisotopic (exact) mass is 382 g/mol. The average molecular weight is 382 g/mol. The lowest BCUT2D eigenvalue weighted by molar-refractivity contribution is -0.144. The lowest BCUT2D eigenvalue weighted by Gasteiger charge is -2.18. The van der Waals surface area contributed by atoms with Crippen LogP contribution in [0.4, 0.5) is 18.9 Å². The minimum atomic E-state index is -4.54. The summed E-state index contributed by atoms with van der Waals surface area (Å²) in [4.78, 5) is 18.4. The third-order valence-corrected chi connectivity index (χ3v) is 4.55. The summed E-state index contributed by atoms with van der Waals surface area (Å²) in [5, 5.41) is 2.78. The van der Waals surface area contributed by atoms with E-state index in [1.54, 1.807) is 17.8 Å². The summed E-state index contributed by atoms with van der Waals surface area (Å²) in [7, 11) is 0. The van der Waals surface area contributed by atoms with Gasteiger partial charge in [-0.3, -0.25) is 4.79 Å². The minimum absolute atomic E-state index is 0.194. The van der Waals surface area contributed by atoms with Crippen LogP contribution in [0.2, 0.25) is 0 Å². The van der Waals surface area contributed by atoms with Crippen molar-refractivity contribution in [1.29, 1.82) is 0 Å². The number of aromatic nitrogens is 3. The van der Waals surface area contributed by atoms with Gasteiger partial charge in [-0.05, 0) is 48.8 Å². The highest BCUT2D eigenvalue weighted by Crippen LogP contribution is 2.29. The molecule has 3 aromatic rings. The normalized spacial score (nSPS) is 13.1. The van der Waals surface area contributed by atoms with Crippen LogP contribution in [0.25, 0.3) is 11.0 Å². The number of amides is 1. The molecule has 9 heteroatoms. The molecule has 26 heavy (non-hydrogen) atoms. The molecule has 0 unspecified atom stereocenters. The van der Waals surface area contributed by atoms with E-state index in [-0.39, 0.29) is 23.0 Å². The first kappa shape index (κ1) is 18.4. The zero-order valence-electron chi connectivity index (χ0n) is 13.9. The molecule has 0 aliphatic heterocycles. The Bertz CT molecular complexity index is 889. The molecule has 2 heterocycles. The van der Waals surface area contributed by atoms with Crippen LogP contribution in [-0.4, -0.2) is 32.5 Å². The molecule has 138 valence electrons. The maximum absolute atomic E-state index is 12.7. The summed E-state index contributed by atoms with van der Waals surface area (Å²) in [6.07, 6.45) is 1.71. The first-order valence-corrected chi connectivity index (χ1v) is 9.27. The van der Waals surface area contributed by atoms with Gasteiger partial charge in [-0.2, -0.15) is 24.9 Å². The molecule has 1 aromatic carbocycles. The Morgan fingerprint density at radius 3 is 2.73 bits per heavy atom. The third kappa shape index (κ3) is 4.04. The molecule has 0 aliphatic rings. The Balaban J connectivity index is 1.81. The average Bonchev–Trinajstić information content (AvgIpc) is 3.23. The number of benzene rings is 1. The predicted molar refractivity (Wildman–Crippen MR) is 96.2 cm³/mol. The van der Waals surface area contributed by atoms with Crippen molar-refractivity contribution in [2.75, 3.05) is 17.3 Å². The number of alkyl halides is 3. The molecule has 1 atom stereocenters. The number of fused-ring (bicyclic) bond motifs is 1. The van der Waals surface area contributed by atoms with E-state index in [1.807, 2.05) is 35.3 Å². The largest absolute Gasteiger partial charge is 0.449 e. The van der Waals surface area contributed by atoms with Gasteiger partial charge in [0.25, 0.3) is 0 Å². The number of hydrogen-bond donors (Lipinski definition) is 2. The number of anilines is 1. The minimum Gasteiger partial charge on any atom is -0.342 e. The van der Waals surface area contributed by atoms with Crippen LogP contribution >= 0.6 is 11.8 Å². The molecule has 0 radical (unpaired) electrons. The molecule has 0 aliphatic carbocycles. The maximum Gasteiger partial charge on any atom is 0.449 e. The fourth-order valence-corrected chi connectivity index (χ4v) is 3.11. The highest BCUT2D eigenvalue weighted by Gasteiger charge is 2.34. The van der Waals surface area contributed by atoms with Crippen molar-refractivity contribution in [3.8, 4) is 0 Å². The van der Waals surface area contributed by atoms with Crippen LogP contribution in [0.15, 0.2) is 42.7 Å². The SMILES string of the molecule is CSCC[C@H](C(=O)Nc1ccc2nc(C(F)(F)F)[nH]c2c1)n1cccc1. The summed E-state index contributed by atoms with van der Waals surface area (Å²) in [5.41, 5.74) is 0.831. The lowest BCUT2D eigenvalue weighted by atomic mass is 10.2. The third-order valence-electron chi connectivity index (χ3n) is 3.90. The van der Waals surface area contributed by atoms with E-state index in [0.29, 0.717) is 12.1 Å². The quantitative estimate of drug-likeness (QED) is 0.668. The van der Waals surface area contributed by atoms with Crippen molar-refractivity contribution >= 4 is 34.4 Å². The highest BCUT2D eigenvalue weighted by atomic mass is 32.2. The molecule has 0 fully saturated rings. The number of carbonyl (C=O) groups is 1. The Morgan fingerprint density at radius 2 is 2.08 bits per heavy atom. The zero-order chi connectivity index (χ0) is 18.7. The molecule has 0 saturated heterocycles. The number of nitrogens with one attached hydrogen (secondary N) is 2. The Labute approximate surface area is 152 Å². The van der Waals surface area contributed by atoms with E-state index in [2.05, 4.69) is 15.3 Å². The molecule has 5 nitrogen and oxygen atoms in total. The van der Waals surface area contributed by atoms with E-state index in [0.717, 1.165) is 5.75 Å². The maximum atomic E-state index is 12.7. The van der Waals surface area contributed by atoms with Crippen LogP contribution in [-0.2, 0) is 11.0 Å². The second-order valence-electron chi connectivity index (χ2n) is 5.73. The van der Waals surface area contributed by atoms with E-state index < -0.39 is 12.0 Å². The number of carbonyl (C=O) groups excluding carboxylic acids is 1.